The minimum Gasteiger partial charge on any atom is -0.379 e. The first-order valence-electron chi connectivity index (χ1n) is 9.87. The van der Waals surface area contributed by atoms with E-state index in [2.05, 4.69) is 46.8 Å². The van der Waals surface area contributed by atoms with Gasteiger partial charge in [0, 0.05) is 30.7 Å². The van der Waals surface area contributed by atoms with Crippen LogP contribution >= 0.6 is 38.9 Å². The molecule has 8 heteroatoms. The highest BCUT2D eigenvalue weighted by Crippen LogP contribution is 2.32. The number of aryl methyl sites for hydroxylation is 2. The molecule has 0 bridgehead atoms. The second kappa shape index (κ2) is 9.32. The van der Waals surface area contributed by atoms with Crippen molar-refractivity contribution < 1.29 is 9.53 Å². The number of fused-ring (bicyclic) bond motifs is 1. The van der Waals surface area contributed by atoms with E-state index in [-0.39, 0.29) is 5.91 Å². The summed E-state index contributed by atoms with van der Waals surface area (Å²) in [5.41, 5.74) is 3.81. The number of hydrogen-bond acceptors (Lipinski definition) is 5. The van der Waals surface area contributed by atoms with Gasteiger partial charge in [-0.3, -0.25) is 14.6 Å². The number of rotatable bonds is 5. The van der Waals surface area contributed by atoms with Gasteiger partial charge in [0.15, 0.2) is 5.13 Å². The first kappa shape index (κ1) is 21.7. The van der Waals surface area contributed by atoms with Crippen LogP contribution < -0.4 is 4.90 Å². The molecule has 0 atom stereocenters. The molecule has 0 spiro atoms. The summed E-state index contributed by atoms with van der Waals surface area (Å²) in [5, 5.41) is 1.14. The molecule has 5 nitrogen and oxygen atoms in total. The summed E-state index contributed by atoms with van der Waals surface area (Å²) < 4.78 is 7.34. The highest BCUT2D eigenvalue weighted by molar-refractivity contribution is 9.10. The molecule has 0 saturated carbocycles. The minimum atomic E-state index is -0.137. The van der Waals surface area contributed by atoms with Crippen molar-refractivity contribution in [3.63, 3.8) is 0 Å². The van der Waals surface area contributed by atoms with E-state index in [1.165, 1.54) is 11.1 Å². The number of nitrogens with zero attached hydrogens (tertiary/aromatic N) is 3. The number of ether oxygens (including phenoxy) is 1. The lowest BCUT2D eigenvalue weighted by Crippen LogP contribution is -2.43. The van der Waals surface area contributed by atoms with E-state index in [1.54, 1.807) is 28.4 Å². The molecule has 0 radical (unpaired) electrons. The van der Waals surface area contributed by atoms with Crippen LogP contribution in [0.15, 0.2) is 34.8 Å². The summed E-state index contributed by atoms with van der Waals surface area (Å²) in [6, 6.07) is 9.57. The Balaban J connectivity index is 1.69. The standard InChI is InChI=1S/C22H23BrClN3O2S/c1-14-11-19-20(12-15(14)2)30-22(25-19)27(6-5-26-7-9-29-10-8-26)21(28)17-13-16(23)3-4-18(17)24/h3-4,11-13H,5-10H2,1-2H3. The Morgan fingerprint density at radius 1 is 1.23 bits per heavy atom. The number of morpholine rings is 1. The van der Waals surface area contributed by atoms with Gasteiger partial charge in [-0.1, -0.05) is 38.9 Å². The first-order valence-corrected chi connectivity index (χ1v) is 11.9. The zero-order chi connectivity index (χ0) is 21.3. The van der Waals surface area contributed by atoms with Gasteiger partial charge in [-0.15, -0.1) is 0 Å². The van der Waals surface area contributed by atoms with Crippen LogP contribution in [-0.4, -0.2) is 55.2 Å². The fourth-order valence-corrected chi connectivity index (χ4v) is 5.07. The van der Waals surface area contributed by atoms with E-state index in [4.69, 9.17) is 21.3 Å². The fourth-order valence-electron chi connectivity index (χ4n) is 3.44. The zero-order valence-corrected chi connectivity index (χ0v) is 20.1. The Bertz CT molecular complexity index is 1040. The number of halogens is 2. The third kappa shape index (κ3) is 4.70. The molecular formula is C22H23BrClN3O2S. The predicted octanol–water partition coefficient (Wildman–Crippen LogP) is 5.31. The van der Waals surface area contributed by atoms with Crippen LogP contribution in [0.1, 0.15) is 21.5 Å². The average molecular weight is 509 g/mol. The lowest BCUT2D eigenvalue weighted by molar-refractivity contribution is 0.0391. The largest absolute Gasteiger partial charge is 0.379 e. The zero-order valence-electron chi connectivity index (χ0n) is 17.0. The molecule has 1 aliphatic heterocycles. The Morgan fingerprint density at radius 2 is 1.97 bits per heavy atom. The molecule has 1 aromatic heterocycles. The number of amides is 1. The van der Waals surface area contributed by atoms with Crippen LogP contribution in [-0.2, 0) is 4.74 Å². The van der Waals surface area contributed by atoms with Crippen molar-refractivity contribution in [2.24, 2.45) is 0 Å². The van der Waals surface area contributed by atoms with Gasteiger partial charge in [-0.25, -0.2) is 4.98 Å². The highest BCUT2D eigenvalue weighted by atomic mass is 79.9. The van der Waals surface area contributed by atoms with Crippen LogP contribution in [0.4, 0.5) is 5.13 Å². The number of anilines is 1. The second-order valence-electron chi connectivity index (χ2n) is 7.44. The van der Waals surface area contributed by atoms with E-state index >= 15 is 0 Å². The summed E-state index contributed by atoms with van der Waals surface area (Å²) in [6.07, 6.45) is 0. The fraction of sp³-hybridized carbons (Fsp3) is 0.364. The van der Waals surface area contributed by atoms with Crippen molar-refractivity contribution in [3.8, 4) is 0 Å². The Labute approximate surface area is 193 Å². The van der Waals surface area contributed by atoms with E-state index < -0.39 is 0 Å². The molecule has 2 heterocycles. The molecule has 0 aliphatic carbocycles. The third-order valence-electron chi connectivity index (χ3n) is 5.37. The van der Waals surface area contributed by atoms with Crippen molar-refractivity contribution in [1.82, 2.24) is 9.88 Å². The van der Waals surface area contributed by atoms with Crippen LogP contribution in [0.5, 0.6) is 0 Å². The molecule has 1 aliphatic rings. The average Bonchev–Trinajstić information content (AvgIpc) is 3.13. The third-order valence-corrected chi connectivity index (χ3v) is 7.24. The van der Waals surface area contributed by atoms with Crippen molar-refractivity contribution in [1.29, 1.82) is 0 Å². The molecule has 1 amide bonds. The van der Waals surface area contributed by atoms with Crippen LogP contribution in [0.2, 0.25) is 5.02 Å². The first-order chi connectivity index (χ1) is 14.4. The number of carbonyl (C=O) groups excluding carboxylic acids is 1. The van der Waals surface area contributed by atoms with Crippen LogP contribution in [0.3, 0.4) is 0 Å². The van der Waals surface area contributed by atoms with Gasteiger partial charge >= 0.3 is 0 Å². The van der Waals surface area contributed by atoms with E-state index in [9.17, 15) is 4.79 Å². The maximum Gasteiger partial charge on any atom is 0.261 e. The second-order valence-corrected chi connectivity index (χ2v) is 9.77. The lowest BCUT2D eigenvalue weighted by atomic mass is 10.1. The summed E-state index contributed by atoms with van der Waals surface area (Å²) in [7, 11) is 0. The monoisotopic (exact) mass is 507 g/mol. The highest BCUT2D eigenvalue weighted by Gasteiger charge is 2.25. The van der Waals surface area contributed by atoms with Gasteiger partial charge in [0.1, 0.15) is 0 Å². The van der Waals surface area contributed by atoms with Gasteiger partial charge in [0.2, 0.25) is 0 Å². The molecule has 0 N–H and O–H groups in total. The number of thiazole rings is 1. The minimum absolute atomic E-state index is 0.137. The van der Waals surface area contributed by atoms with E-state index in [1.807, 2.05) is 6.07 Å². The topological polar surface area (TPSA) is 45.7 Å². The molecule has 1 saturated heterocycles. The van der Waals surface area contributed by atoms with Crippen molar-refractivity contribution in [2.75, 3.05) is 44.3 Å². The molecule has 4 rings (SSSR count). The van der Waals surface area contributed by atoms with Gasteiger partial charge in [0.25, 0.3) is 5.91 Å². The maximum absolute atomic E-state index is 13.5. The Kier molecular flexibility index (Phi) is 6.75. The lowest BCUT2D eigenvalue weighted by Gasteiger charge is -2.29. The van der Waals surface area contributed by atoms with Crippen LogP contribution in [0, 0.1) is 13.8 Å². The summed E-state index contributed by atoms with van der Waals surface area (Å²) in [5.74, 6) is -0.137. The number of benzene rings is 2. The molecular weight excluding hydrogens is 486 g/mol. The van der Waals surface area contributed by atoms with Gasteiger partial charge in [0.05, 0.1) is 34.0 Å². The summed E-state index contributed by atoms with van der Waals surface area (Å²) in [4.78, 5) is 22.4. The summed E-state index contributed by atoms with van der Waals surface area (Å²) in [6.45, 7) is 8.67. The van der Waals surface area contributed by atoms with E-state index in [0.29, 0.717) is 22.3 Å². The van der Waals surface area contributed by atoms with Crippen molar-refractivity contribution in [2.45, 2.75) is 13.8 Å². The summed E-state index contributed by atoms with van der Waals surface area (Å²) >= 11 is 11.4. The Hall–Kier alpha value is -1.51. The molecule has 30 heavy (non-hydrogen) atoms. The van der Waals surface area contributed by atoms with Crippen LogP contribution in [0.25, 0.3) is 10.2 Å². The normalized spacial score (nSPS) is 14.9. The molecule has 0 unspecified atom stereocenters. The Morgan fingerprint density at radius 3 is 2.73 bits per heavy atom. The van der Waals surface area contributed by atoms with E-state index in [0.717, 1.165) is 47.5 Å². The molecule has 1 fully saturated rings. The quantitative estimate of drug-likeness (QED) is 0.469. The van der Waals surface area contributed by atoms with Gasteiger partial charge in [-0.2, -0.15) is 0 Å². The molecule has 3 aromatic rings. The van der Waals surface area contributed by atoms with Crippen molar-refractivity contribution in [3.05, 3.63) is 56.5 Å². The number of aromatic nitrogens is 1. The predicted molar refractivity (Wildman–Crippen MR) is 127 cm³/mol. The molecule has 158 valence electrons. The van der Waals surface area contributed by atoms with Crippen molar-refractivity contribution >= 4 is 60.1 Å². The number of carbonyl (C=O) groups is 1. The van der Waals surface area contributed by atoms with Gasteiger partial charge < -0.3 is 4.74 Å². The maximum atomic E-state index is 13.5. The SMILES string of the molecule is Cc1cc2nc(N(CCN3CCOCC3)C(=O)c3cc(Br)ccc3Cl)sc2cc1C. The van der Waals surface area contributed by atoms with Gasteiger partial charge in [-0.05, 0) is 55.3 Å². The number of hydrogen-bond donors (Lipinski definition) is 0. The smallest absolute Gasteiger partial charge is 0.261 e. The molecule has 2 aromatic carbocycles.